The average Bonchev–Trinajstić information content (AvgIpc) is 2.87. The Labute approximate surface area is 121 Å². The van der Waals surface area contributed by atoms with E-state index in [9.17, 15) is 4.79 Å². The van der Waals surface area contributed by atoms with Crippen LogP contribution in [0.25, 0.3) is 0 Å². The van der Waals surface area contributed by atoms with E-state index in [-0.39, 0.29) is 5.56 Å². The van der Waals surface area contributed by atoms with Gasteiger partial charge in [-0.05, 0) is 50.6 Å². The van der Waals surface area contributed by atoms with Gasteiger partial charge in [0.25, 0.3) is 0 Å². The Balaban J connectivity index is 1.84. The molecule has 104 valence electrons. The summed E-state index contributed by atoms with van der Waals surface area (Å²) in [6, 6.07) is 4.97. The molecule has 0 amide bonds. The zero-order valence-electron chi connectivity index (χ0n) is 10.8. The molecule has 0 bridgehead atoms. The molecule has 0 saturated carbocycles. The molecule has 1 fully saturated rings. The van der Waals surface area contributed by atoms with Crippen molar-refractivity contribution < 1.29 is 14.6 Å². The third kappa shape index (κ3) is 4.21. The van der Waals surface area contributed by atoms with E-state index < -0.39 is 5.97 Å². The second kappa shape index (κ2) is 6.91. The van der Waals surface area contributed by atoms with Gasteiger partial charge in [-0.1, -0.05) is 15.9 Å². The molecule has 2 rings (SSSR count). The highest BCUT2D eigenvalue weighted by Crippen LogP contribution is 2.24. The first-order valence-electron chi connectivity index (χ1n) is 6.55. The molecule has 0 unspecified atom stereocenters. The van der Waals surface area contributed by atoms with E-state index in [1.807, 2.05) is 0 Å². The number of likely N-dealkylation sites (tertiary alicyclic amines) is 1. The molecule has 1 aliphatic heterocycles. The minimum atomic E-state index is -0.956. The van der Waals surface area contributed by atoms with Crippen molar-refractivity contribution in [3.63, 3.8) is 0 Å². The van der Waals surface area contributed by atoms with E-state index in [0.29, 0.717) is 12.4 Å². The molecule has 1 aliphatic rings. The second-order valence-electron chi connectivity index (χ2n) is 4.70. The number of rotatable bonds is 6. The predicted octanol–water partition coefficient (Wildman–Crippen LogP) is 3.01. The van der Waals surface area contributed by atoms with E-state index in [2.05, 4.69) is 20.8 Å². The molecule has 1 N–H and O–H groups in total. The van der Waals surface area contributed by atoms with Crippen LogP contribution in [0.3, 0.4) is 0 Å². The van der Waals surface area contributed by atoms with Crippen LogP contribution in [0.5, 0.6) is 5.75 Å². The Hall–Kier alpha value is -1.07. The number of nitrogens with zero attached hydrogens (tertiary/aromatic N) is 1. The highest BCUT2D eigenvalue weighted by Gasteiger charge is 2.13. The second-order valence-corrected chi connectivity index (χ2v) is 5.61. The van der Waals surface area contributed by atoms with Crippen molar-refractivity contribution in [3.05, 3.63) is 28.2 Å². The van der Waals surface area contributed by atoms with Crippen LogP contribution in [0, 0.1) is 0 Å². The molecule has 5 heteroatoms. The van der Waals surface area contributed by atoms with Crippen molar-refractivity contribution >= 4 is 21.9 Å². The first-order chi connectivity index (χ1) is 9.16. The number of aromatic carboxylic acids is 1. The summed E-state index contributed by atoms with van der Waals surface area (Å²) >= 11 is 3.33. The van der Waals surface area contributed by atoms with Gasteiger partial charge in [0.2, 0.25) is 0 Å². The first-order valence-corrected chi connectivity index (χ1v) is 7.34. The fraction of sp³-hybridized carbons (Fsp3) is 0.500. The Morgan fingerprint density at radius 3 is 2.79 bits per heavy atom. The minimum Gasteiger partial charge on any atom is -0.493 e. The molecule has 1 aromatic rings. The lowest BCUT2D eigenvalue weighted by Crippen LogP contribution is -2.22. The van der Waals surface area contributed by atoms with Gasteiger partial charge in [-0.3, -0.25) is 0 Å². The van der Waals surface area contributed by atoms with Crippen molar-refractivity contribution in [2.24, 2.45) is 0 Å². The normalized spacial score (nSPS) is 15.6. The monoisotopic (exact) mass is 327 g/mol. The van der Waals surface area contributed by atoms with Crippen molar-refractivity contribution in [1.82, 2.24) is 4.90 Å². The average molecular weight is 328 g/mol. The zero-order valence-corrected chi connectivity index (χ0v) is 12.4. The summed E-state index contributed by atoms with van der Waals surface area (Å²) in [5, 5.41) is 9.08. The Morgan fingerprint density at radius 2 is 2.11 bits per heavy atom. The molecule has 1 aromatic carbocycles. The molecule has 19 heavy (non-hydrogen) atoms. The van der Waals surface area contributed by atoms with Crippen LogP contribution < -0.4 is 4.74 Å². The highest BCUT2D eigenvalue weighted by molar-refractivity contribution is 9.10. The van der Waals surface area contributed by atoms with Crippen molar-refractivity contribution in [1.29, 1.82) is 0 Å². The van der Waals surface area contributed by atoms with Gasteiger partial charge in [-0.15, -0.1) is 0 Å². The molecule has 1 heterocycles. The molecule has 0 radical (unpaired) electrons. The van der Waals surface area contributed by atoms with Crippen molar-refractivity contribution in [2.75, 3.05) is 26.2 Å². The summed E-state index contributed by atoms with van der Waals surface area (Å²) in [6.07, 6.45) is 3.50. The topological polar surface area (TPSA) is 49.8 Å². The molecule has 0 aliphatic carbocycles. The van der Waals surface area contributed by atoms with Crippen LogP contribution in [0.4, 0.5) is 0 Å². The summed E-state index contributed by atoms with van der Waals surface area (Å²) in [4.78, 5) is 13.5. The number of carboxylic acid groups (broad SMARTS) is 1. The summed E-state index contributed by atoms with van der Waals surface area (Å²) in [7, 11) is 0. The van der Waals surface area contributed by atoms with Gasteiger partial charge >= 0.3 is 5.97 Å². The summed E-state index contributed by atoms with van der Waals surface area (Å²) < 4.78 is 6.43. The van der Waals surface area contributed by atoms with Gasteiger partial charge in [0.15, 0.2) is 0 Å². The standard InChI is InChI=1S/C14H18BrNO3/c15-11-4-5-12(14(17)18)13(10-11)19-9-3-8-16-6-1-2-7-16/h4-5,10H,1-3,6-9H2,(H,17,18). The fourth-order valence-corrected chi connectivity index (χ4v) is 2.61. The molecule has 0 atom stereocenters. The van der Waals surface area contributed by atoms with Gasteiger partial charge in [-0.25, -0.2) is 4.79 Å². The number of benzene rings is 1. The largest absolute Gasteiger partial charge is 0.493 e. The molecule has 0 aromatic heterocycles. The SMILES string of the molecule is O=C(O)c1ccc(Br)cc1OCCCN1CCCC1. The highest BCUT2D eigenvalue weighted by atomic mass is 79.9. The number of ether oxygens (including phenoxy) is 1. The number of hydrogen-bond donors (Lipinski definition) is 1. The molecule has 4 nitrogen and oxygen atoms in total. The maximum atomic E-state index is 11.1. The Kier molecular flexibility index (Phi) is 5.22. The number of halogens is 1. The lowest BCUT2D eigenvalue weighted by atomic mass is 10.2. The van der Waals surface area contributed by atoms with Gasteiger partial charge in [-0.2, -0.15) is 0 Å². The van der Waals surface area contributed by atoms with Crippen molar-refractivity contribution in [3.8, 4) is 5.75 Å². The predicted molar refractivity (Wildman–Crippen MR) is 76.9 cm³/mol. The zero-order chi connectivity index (χ0) is 13.7. The summed E-state index contributed by atoms with van der Waals surface area (Å²) in [6.45, 7) is 3.93. The van der Waals surface area contributed by atoms with E-state index in [1.165, 1.54) is 25.9 Å². The van der Waals surface area contributed by atoms with Gasteiger partial charge in [0.05, 0.1) is 6.61 Å². The van der Waals surface area contributed by atoms with E-state index >= 15 is 0 Å². The molecule has 0 spiro atoms. The third-order valence-corrected chi connectivity index (χ3v) is 3.74. The Bertz CT molecular complexity index is 444. The Morgan fingerprint density at radius 1 is 1.37 bits per heavy atom. The van der Waals surface area contributed by atoms with E-state index in [0.717, 1.165) is 17.4 Å². The lowest BCUT2D eigenvalue weighted by Gasteiger charge is -2.15. The van der Waals surface area contributed by atoms with Crippen LogP contribution >= 0.6 is 15.9 Å². The van der Waals surface area contributed by atoms with Crippen LogP contribution in [0.2, 0.25) is 0 Å². The summed E-state index contributed by atoms with van der Waals surface area (Å²) in [5.74, 6) is -0.523. The van der Waals surface area contributed by atoms with Gasteiger partial charge in [0.1, 0.15) is 11.3 Å². The molecule has 1 saturated heterocycles. The molecular formula is C14H18BrNO3. The number of carbonyl (C=O) groups is 1. The van der Waals surface area contributed by atoms with Crippen LogP contribution in [-0.4, -0.2) is 42.2 Å². The van der Waals surface area contributed by atoms with Crippen LogP contribution in [0.15, 0.2) is 22.7 Å². The smallest absolute Gasteiger partial charge is 0.339 e. The number of hydrogen-bond acceptors (Lipinski definition) is 3. The molecular weight excluding hydrogens is 310 g/mol. The van der Waals surface area contributed by atoms with Gasteiger partial charge < -0.3 is 14.7 Å². The van der Waals surface area contributed by atoms with Crippen LogP contribution in [0.1, 0.15) is 29.6 Å². The number of carboxylic acids is 1. The maximum Gasteiger partial charge on any atom is 0.339 e. The van der Waals surface area contributed by atoms with Crippen LogP contribution in [-0.2, 0) is 0 Å². The lowest BCUT2D eigenvalue weighted by molar-refractivity contribution is 0.0692. The maximum absolute atomic E-state index is 11.1. The fourth-order valence-electron chi connectivity index (χ4n) is 2.27. The minimum absolute atomic E-state index is 0.212. The van der Waals surface area contributed by atoms with Crippen molar-refractivity contribution in [2.45, 2.75) is 19.3 Å². The third-order valence-electron chi connectivity index (χ3n) is 3.25. The van der Waals surface area contributed by atoms with E-state index in [4.69, 9.17) is 9.84 Å². The van der Waals surface area contributed by atoms with E-state index in [1.54, 1.807) is 18.2 Å². The van der Waals surface area contributed by atoms with Gasteiger partial charge in [0, 0.05) is 11.0 Å². The summed E-state index contributed by atoms with van der Waals surface area (Å²) in [5.41, 5.74) is 0.212. The quantitative estimate of drug-likeness (QED) is 0.816. The first kappa shape index (κ1) is 14.3.